The van der Waals surface area contributed by atoms with Crippen LogP contribution in [0.5, 0.6) is 0 Å². The predicted octanol–water partition coefficient (Wildman–Crippen LogP) is 8.24. The zero-order valence-corrected chi connectivity index (χ0v) is 30.3. The fourth-order valence-electron chi connectivity index (χ4n) is 4.74. The van der Waals surface area contributed by atoms with Gasteiger partial charge in [0.2, 0.25) is 0 Å². The first kappa shape index (κ1) is 34.3. The second kappa shape index (κ2) is 15.2. The maximum atomic E-state index is 14.5. The number of hydrogen-bond donors (Lipinski definition) is 0. The summed E-state index contributed by atoms with van der Waals surface area (Å²) in [5.41, 5.74) is 3.42. The topological polar surface area (TPSA) is 62.7 Å². The average Bonchev–Trinajstić information content (AvgIpc) is 2.98. The van der Waals surface area contributed by atoms with E-state index in [0.29, 0.717) is 29.9 Å². The number of anilines is 1. The van der Waals surface area contributed by atoms with Crippen molar-refractivity contribution in [2.45, 2.75) is 63.3 Å². The van der Waals surface area contributed by atoms with Crippen molar-refractivity contribution in [1.29, 1.82) is 0 Å². The van der Waals surface area contributed by atoms with E-state index in [1.54, 1.807) is 30.5 Å². The molecule has 4 aromatic rings. The SMILES string of the molecule is Cc1cccc(S(=O)(=O)N(CC(CO[SiH](C)C(C)(C)C)N(Cc2ccccc2)Cc2ccccc2)c2cc(Br)cnc2Cl)c1. The molecule has 2 unspecified atom stereocenters. The number of pyridine rings is 1. The normalized spacial score (nSPS) is 13.5. The van der Waals surface area contributed by atoms with E-state index in [1.165, 1.54) is 4.31 Å². The highest BCUT2D eigenvalue weighted by Gasteiger charge is 2.34. The van der Waals surface area contributed by atoms with E-state index in [9.17, 15) is 8.42 Å². The predicted molar refractivity (Wildman–Crippen MR) is 187 cm³/mol. The van der Waals surface area contributed by atoms with Crippen LogP contribution in [0, 0.1) is 6.92 Å². The van der Waals surface area contributed by atoms with Gasteiger partial charge in [-0.25, -0.2) is 13.4 Å². The van der Waals surface area contributed by atoms with Crippen molar-refractivity contribution in [2.75, 3.05) is 17.5 Å². The number of nitrogens with zero attached hydrogens (tertiary/aromatic N) is 3. The lowest BCUT2D eigenvalue weighted by atomic mass is 10.1. The first-order valence-corrected chi connectivity index (χ1v) is 19.5. The van der Waals surface area contributed by atoms with Crippen LogP contribution in [-0.4, -0.2) is 46.5 Å². The molecule has 0 aliphatic carbocycles. The van der Waals surface area contributed by atoms with Crippen LogP contribution in [-0.2, 0) is 27.5 Å². The van der Waals surface area contributed by atoms with Gasteiger partial charge in [0.15, 0.2) is 14.2 Å². The molecule has 6 nitrogen and oxygen atoms in total. The average molecular weight is 715 g/mol. The monoisotopic (exact) mass is 713 g/mol. The van der Waals surface area contributed by atoms with Crippen molar-refractivity contribution in [3.63, 3.8) is 0 Å². The molecule has 2 atom stereocenters. The van der Waals surface area contributed by atoms with E-state index in [4.69, 9.17) is 16.0 Å². The number of aryl methyl sites for hydroxylation is 1. The summed E-state index contributed by atoms with van der Waals surface area (Å²) < 4.78 is 37.7. The number of sulfonamides is 1. The smallest absolute Gasteiger partial charge is 0.264 e. The van der Waals surface area contributed by atoms with Gasteiger partial charge in [-0.15, -0.1) is 0 Å². The van der Waals surface area contributed by atoms with E-state index in [-0.39, 0.29) is 27.7 Å². The Labute approximate surface area is 278 Å². The van der Waals surface area contributed by atoms with E-state index in [2.05, 4.69) is 77.4 Å². The van der Waals surface area contributed by atoms with Crippen LogP contribution in [0.4, 0.5) is 5.69 Å². The van der Waals surface area contributed by atoms with Crippen LogP contribution >= 0.6 is 27.5 Å². The lowest BCUT2D eigenvalue weighted by molar-refractivity contribution is 0.123. The molecule has 0 saturated carbocycles. The fourth-order valence-corrected chi connectivity index (χ4v) is 7.93. The third-order valence-corrected chi connectivity index (χ3v) is 13.4. The second-order valence-corrected chi connectivity index (χ2v) is 18.7. The molecule has 1 heterocycles. The first-order valence-electron chi connectivity index (χ1n) is 14.7. The molecule has 0 aliphatic rings. The largest absolute Gasteiger partial charge is 0.418 e. The number of rotatable bonds is 13. The van der Waals surface area contributed by atoms with Crippen molar-refractivity contribution in [3.8, 4) is 0 Å². The van der Waals surface area contributed by atoms with Gasteiger partial charge in [-0.2, -0.15) is 0 Å². The number of hydrogen-bond acceptors (Lipinski definition) is 5. The molecule has 0 N–H and O–H groups in total. The molecule has 0 bridgehead atoms. The standard InChI is InChI=1S/C34H41BrClN3O3SSi/c1-26-13-12-18-31(19-26)43(40,41)39(32-20-29(35)21-37-33(32)36)24-30(25-42-44(5)34(2,3)4)38(22-27-14-8-6-9-15-27)23-28-16-10-7-11-17-28/h6-21,30,44H,22-25H2,1-5H3. The van der Waals surface area contributed by atoms with Crippen molar-refractivity contribution in [1.82, 2.24) is 9.88 Å². The number of benzene rings is 3. The molecule has 1 aromatic heterocycles. The van der Waals surface area contributed by atoms with Crippen LogP contribution in [0.2, 0.25) is 16.7 Å². The van der Waals surface area contributed by atoms with Gasteiger partial charge >= 0.3 is 0 Å². The summed E-state index contributed by atoms with van der Waals surface area (Å²) in [6.45, 7) is 12.4. The van der Waals surface area contributed by atoms with Gasteiger partial charge in [0.25, 0.3) is 10.0 Å². The Morgan fingerprint density at radius 3 is 2.07 bits per heavy atom. The Morgan fingerprint density at radius 2 is 1.52 bits per heavy atom. The van der Waals surface area contributed by atoms with Gasteiger partial charge in [0, 0.05) is 23.8 Å². The molecular weight excluding hydrogens is 674 g/mol. The summed E-state index contributed by atoms with van der Waals surface area (Å²) in [6.07, 6.45) is 1.57. The summed E-state index contributed by atoms with van der Waals surface area (Å²) >= 11 is 10.1. The van der Waals surface area contributed by atoms with E-state index in [0.717, 1.165) is 16.7 Å². The van der Waals surface area contributed by atoms with Gasteiger partial charge in [-0.3, -0.25) is 9.21 Å². The zero-order chi connectivity index (χ0) is 31.9. The maximum Gasteiger partial charge on any atom is 0.264 e. The Morgan fingerprint density at radius 1 is 0.932 bits per heavy atom. The maximum absolute atomic E-state index is 14.5. The minimum atomic E-state index is -4.04. The molecular formula is C34H41BrClN3O3SSi. The van der Waals surface area contributed by atoms with Crippen LogP contribution in [0.25, 0.3) is 0 Å². The van der Waals surface area contributed by atoms with Crippen LogP contribution in [0.15, 0.2) is 107 Å². The highest BCUT2D eigenvalue weighted by molar-refractivity contribution is 9.10. The van der Waals surface area contributed by atoms with Gasteiger partial charge in [-0.1, -0.05) is 105 Å². The number of aromatic nitrogens is 1. The van der Waals surface area contributed by atoms with Crippen LogP contribution < -0.4 is 4.31 Å². The van der Waals surface area contributed by atoms with Crippen LogP contribution in [0.1, 0.15) is 37.5 Å². The molecule has 44 heavy (non-hydrogen) atoms. The van der Waals surface area contributed by atoms with Crippen molar-refractivity contribution < 1.29 is 12.8 Å². The highest BCUT2D eigenvalue weighted by atomic mass is 79.9. The summed E-state index contributed by atoms with van der Waals surface area (Å²) in [7, 11) is -5.68. The molecule has 3 aromatic carbocycles. The number of halogens is 2. The van der Waals surface area contributed by atoms with Gasteiger partial charge in [-0.05, 0) is 69.3 Å². The van der Waals surface area contributed by atoms with Gasteiger partial charge in [0.1, 0.15) is 0 Å². The molecule has 234 valence electrons. The third-order valence-electron chi connectivity index (χ3n) is 7.74. The summed E-state index contributed by atoms with van der Waals surface area (Å²) in [5.74, 6) is 0. The van der Waals surface area contributed by atoms with Gasteiger partial charge < -0.3 is 4.43 Å². The van der Waals surface area contributed by atoms with Crippen LogP contribution in [0.3, 0.4) is 0 Å². The lowest BCUT2D eigenvalue weighted by Crippen LogP contribution is -2.49. The van der Waals surface area contributed by atoms with E-state index < -0.39 is 19.1 Å². The fraction of sp³-hybridized carbons (Fsp3) is 0.324. The molecule has 0 amide bonds. The Balaban J connectivity index is 1.84. The molecule has 0 saturated heterocycles. The third kappa shape index (κ3) is 9.25. The van der Waals surface area contributed by atoms with Crippen molar-refractivity contribution in [2.24, 2.45) is 0 Å². The molecule has 0 fully saturated rings. The molecule has 0 radical (unpaired) electrons. The minimum absolute atomic E-state index is 0.0408. The van der Waals surface area contributed by atoms with Crippen molar-refractivity contribution in [3.05, 3.63) is 124 Å². The molecule has 0 spiro atoms. The summed E-state index contributed by atoms with van der Waals surface area (Å²) in [4.78, 5) is 6.80. The summed E-state index contributed by atoms with van der Waals surface area (Å²) in [5, 5.41) is 0.151. The zero-order valence-electron chi connectivity index (χ0n) is 26.0. The molecule has 4 rings (SSSR count). The minimum Gasteiger partial charge on any atom is -0.418 e. The van der Waals surface area contributed by atoms with E-state index in [1.807, 2.05) is 49.4 Å². The Hall–Kier alpha value is -2.53. The highest BCUT2D eigenvalue weighted by Crippen LogP contribution is 2.33. The van der Waals surface area contributed by atoms with Gasteiger partial charge in [0.05, 0.1) is 29.8 Å². The Kier molecular flexibility index (Phi) is 11.8. The lowest BCUT2D eigenvalue weighted by Gasteiger charge is -2.38. The molecule has 10 heteroatoms. The Bertz CT molecular complexity index is 1580. The van der Waals surface area contributed by atoms with E-state index >= 15 is 0 Å². The first-order chi connectivity index (χ1) is 20.8. The quantitative estimate of drug-likeness (QED) is 0.103. The second-order valence-electron chi connectivity index (χ2n) is 12.2. The summed E-state index contributed by atoms with van der Waals surface area (Å²) in [6, 6.07) is 28.8. The molecule has 0 aliphatic heterocycles. The van der Waals surface area contributed by atoms with Crippen molar-refractivity contribution >= 4 is 52.3 Å².